The molecule has 1 aromatic carbocycles. The minimum absolute atomic E-state index is 0.0414. The number of hydrogen-bond donors (Lipinski definition) is 2. The van der Waals surface area contributed by atoms with E-state index in [1.54, 1.807) is 24.3 Å². The average molecular weight is 362 g/mol. The lowest BCUT2D eigenvalue weighted by Crippen LogP contribution is -2.39. The number of Topliss-reactive ketones (excluding diaryl/α,β-unsaturated/α-hetero) is 1. The van der Waals surface area contributed by atoms with Crippen LogP contribution in [0.3, 0.4) is 0 Å². The number of carbonyl (C=O) groups is 3. The van der Waals surface area contributed by atoms with Crippen LogP contribution in [-0.4, -0.2) is 41.1 Å². The first-order valence-corrected chi connectivity index (χ1v) is 8.58. The van der Waals surface area contributed by atoms with Gasteiger partial charge >= 0.3 is 11.9 Å². The SMILES string of the molecule is C=C(C(=O)O)C(CCOCCCC)(CC(=O)c1ccc(C)cc1)C(=O)O. The Morgan fingerprint density at radius 2 is 1.73 bits per heavy atom. The van der Waals surface area contributed by atoms with Crippen LogP contribution in [0.1, 0.15) is 48.5 Å². The Hall–Kier alpha value is -2.47. The number of ketones is 1. The molecule has 0 amide bonds. The lowest BCUT2D eigenvalue weighted by atomic mass is 9.73. The lowest BCUT2D eigenvalue weighted by Gasteiger charge is -2.29. The predicted molar refractivity (Wildman–Crippen MR) is 97.3 cm³/mol. The quantitative estimate of drug-likeness (QED) is 0.335. The fourth-order valence-corrected chi connectivity index (χ4v) is 2.57. The third kappa shape index (κ3) is 5.52. The highest BCUT2D eigenvalue weighted by molar-refractivity contribution is 6.03. The molecule has 2 N–H and O–H groups in total. The second-order valence-corrected chi connectivity index (χ2v) is 6.35. The number of benzene rings is 1. The summed E-state index contributed by atoms with van der Waals surface area (Å²) < 4.78 is 5.40. The number of rotatable bonds is 12. The van der Waals surface area contributed by atoms with Crippen LogP contribution in [0.4, 0.5) is 0 Å². The average Bonchev–Trinajstić information content (AvgIpc) is 2.60. The molecule has 6 heteroatoms. The second kappa shape index (κ2) is 9.87. The Morgan fingerprint density at radius 1 is 1.12 bits per heavy atom. The molecule has 6 nitrogen and oxygen atoms in total. The fourth-order valence-electron chi connectivity index (χ4n) is 2.57. The van der Waals surface area contributed by atoms with Crippen LogP contribution >= 0.6 is 0 Å². The Bertz CT molecular complexity index is 661. The summed E-state index contributed by atoms with van der Waals surface area (Å²) in [6.07, 6.45) is 1.14. The fraction of sp³-hybridized carbons (Fsp3) is 0.450. The van der Waals surface area contributed by atoms with Gasteiger partial charge in [0.05, 0.1) is 0 Å². The summed E-state index contributed by atoms with van der Waals surface area (Å²) >= 11 is 0. The van der Waals surface area contributed by atoms with Gasteiger partial charge in [-0.05, 0) is 19.8 Å². The maximum atomic E-state index is 12.6. The van der Waals surface area contributed by atoms with Gasteiger partial charge in [0.1, 0.15) is 5.41 Å². The van der Waals surface area contributed by atoms with Gasteiger partial charge in [-0.25, -0.2) is 4.79 Å². The molecule has 0 aliphatic carbocycles. The minimum atomic E-state index is -1.90. The summed E-state index contributed by atoms with van der Waals surface area (Å²) in [4.78, 5) is 36.0. The van der Waals surface area contributed by atoms with E-state index >= 15 is 0 Å². The first-order valence-electron chi connectivity index (χ1n) is 8.58. The van der Waals surface area contributed by atoms with Gasteiger partial charge in [-0.15, -0.1) is 0 Å². The molecule has 1 atom stereocenters. The number of carboxylic acids is 2. The number of carbonyl (C=O) groups excluding carboxylic acids is 1. The van der Waals surface area contributed by atoms with Crippen LogP contribution in [0, 0.1) is 12.3 Å². The molecule has 0 fully saturated rings. The van der Waals surface area contributed by atoms with E-state index in [0.29, 0.717) is 12.2 Å². The van der Waals surface area contributed by atoms with Gasteiger partial charge in [-0.2, -0.15) is 0 Å². The van der Waals surface area contributed by atoms with Gasteiger partial charge < -0.3 is 14.9 Å². The topological polar surface area (TPSA) is 101 Å². The number of hydrogen-bond acceptors (Lipinski definition) is 4. The van der Waals surface area contributed by atoms with Crippen LogP contribution in [-0.2, 0) is 14.3 Å². The molecule has 1 aromatic rings. The second-order valence-electron chi connectivity index (χ2n) is 6.35. The highest BCUT2D eigenvalue weighted by Gasteiger charge is 2.46. The van der Waals surface area contributed by atoms with Crippen molar-refractivity contribution in [1.82, 2.24) is 0 Å². The van der Waals surface area contributed by atoms with Crippen molar-refractivity contribution < 1.29 is 29.3 Å². The Labute approximate surface area is 153 Å². The van der Waals surface area contributed by atoms with Crippen molar-refractivity contribution in [2.75, 3.05) is 13.2 Å². The Morgan fingerprint density at radius 3 is 2.23 bits per heavy atom. The highest BCUT2D eigenvalue weighted by atomic mass is 16.5. The molecule has 0 aliphatic rings. The normalized spacial score (nSPS) is 13.0. The van der Waals surface area contributed by atoms with E-state index in [2.05, 4.69) is 6.58 Å². The zero-order valence-corrected chi connectivity index (χ0v) is 15.3. The van der Waals surface area contributed by atoms with E-state index in [9.17, 15) is 24.6 Å². The summed E-state index contributed by atoms with van der Waals surface area (Å²) in [5.41, 5.74) is -1.11. The van der Waals surface area contributed by atoms with Crippen molar-refractivity contribution in [2.24, 2.45) is 5.41 Å². The van der Waals surface area contributed by atoms with Crippen molar-refractivity contribution in [2.45, 2.75) is 39.5 Å². The van der Waals surface area contributed by atoms with E-state index in [1.165, 1.54) is 0 Å². The molecule has 0 saturated carbocycles. The smallest absolute Gasteiger partial charge is 0.332 e. The third-order valence-corrected chi connectivity index (χ3v) is 4.40. The van der Waals surface area contributed by atoms with E-state index in [4.69, 9.17) is 4.74 Å². The molecule has 0 spiro atoms. The molecule has 142 valence electrons. The molecule has 1 rings (SSSR count). The van der Waals surface area contributed by atoms with Crippen molar-refractivity contribution in [3.05, 3.63) is 47.5 Å². The summed E-state index contributed by atoms with van der Waals surface area (Å²) in [5.74, 6) is -3.26. The summed E-state index contributed by atoms with van der Waals surface area (Å²) in [6, 6.07) is 6.70. The minimum Gasteiger partial charge on any atom is -0.481 e. The van der Waals surface area contributed by atoms with Gasteiger partial charge in [0, 0.05) is 30.8 Å². The van der Waals surface area contributed by atoms with Gasteiger partial charge in [0.25, 0.3) is 0 Å². The maximum Gasteiger partial charge on any atom is 0.332 e. The highest BCUT2D eigenvalue weighted by Crippen LogP contribution is 2.36. The standard InChI is InChI=1S/C20H26O6/c1-4-5-11-26-12-10-20(19(24)25,15(3)18(22)23)13-17(21)16-8-6-14(2)7-9-16/h6-9H,3-5,10-13H2,1-2H3,(H,22,23)(H,24,25). The Balaban J connectivity index is 3.06. The van der Waals surface area contributed by atoms with Crippen LogP contribution in [0.15, 0.2) is 36.4 Å². The van der Waals surface area contributed by atoms with E-state index in [1.807, 2.05) is 13.8 Å². The molecular weight excluding hydrogens is 336 g/mol. The van der Waals surface area contributed by atoms with Gasteiger partial charge in [-0.1, -0.05) is 49.8 Å². The van der Waals surface area contributed by atoms with Crippen LogP contribution in [0.2, 0.25) is 0 Å². The first kappa shape index (κ1) is 21.6. The molecule has 0 bridgehead atoms. The molecule has 0 aromatic heterocycles. The third-order valence-electron chi connectivity index (χ3n) is 4.40. The van der Waals surface area contributed by atoms with Crippen LogP contribution in [0.5, 0.6) is 0 Å². The van der Waals surface area contributed by atoms with Crippen LogP contribution in [0.25, 0.3) is 0 Å². The van der Waals surface area contributed by atoms with E-state index in [0.717, 1.165) is 18.4 Å². The molecule has 0 radical (unpaired) electrons. The zero-order chi connectivity index (χ0) is 19.7. The molecule has 26 heavy (non-hydrogen) atoms. The monoisotopic (exact) mass is 362 g/mol. The summed E-state index contributed by atoms with van der Waals surface area (Å²) in [5, 5.41) is 19.1. The number of aryl methyl sites for hydroxylation is 1. The van der Waals surface area contributed by atoms with E-state index < -0.39 is 35.1 Å². The van der Waals surface area contributed by atoms with Gasteiger partial charge in [-0.3, -0.25) is 9.59 Å². The molecule has 0 heterocycles. The first-order chi connectivity index (χ1) is 12.2. The lowest BCUT2D eigenvalue weighted by molar-refractivity contribution is -0.151. The number of ether oxygens (including phenoxy) is 1. The molecule has 0 aliphatic heterocycles. The number of unbranched alkanes of at least 4 members (excludes halogenated alkanes) is 1. The Kier molecular flexibility index (Phi) is 8.19. The number of carboxylic acid groups (broad SMARTS) is 2. The van der Waals surface area contributed by atoms with Crippen molar-refractivity contribution >= 4 is 17.7 Å². The number of aliphatic carboxylic acids is 2. The van der Waals surface area contributed by atoms with Crippen molar-refractivity contribution in [3.8, 4) is 0 Å². The predicted octanol–water partition coefficient (Wildman–Crippen LogP) is 3.49. The van der Waals surface area contributed by atoms with Gasteiger partial charge in [0.15, 0.2) is 5.78 Å². The van der Waals surface area contributed by atoms with Gasteiger partial charge in [0.2, 0.25) is 0 Å². The summed E-state index contributed by atoms with van der Waals surface area (Å²) in [6.45, 7) is 7.80. The summed E-state index contributed by atoms with van der Waals surface area (Å²) in [7, 11) is 0. The largest absolute Gasteiger partial charge is 0.481 e. The molecule has 0 saturated heterocycles. The van der Waals surface area contributed by atoms with Crippen LogP contribution < -0.4 is 0 Å². The molecule has 1 unspecified atom stereocenters. The zero-order valence-electron chi connectivity index (χ0n) is 15.3. The molecular formula is C20H26O6. The van der Waals surface area contributed by atoms with Crippen molar-refractivity contribution in [3.63, 3.8) is 0 Å². The van der Waals surface area contributed by atoms with E-state index in [-0.39, 0.29) is 13.0 Å². The maximum absolute atomic E-state index is 12.6. The van der Waals surface area contributed by atoms with Crippen molar-refractivity contribution in [1.29, 1.82) is 0 Å².